The van der Waals surface area contributed by atoms with Crippen molar-refractivity contribution in [2.24, 2.45) is 0 Å². The predicted molar refractivity (Wildman–Crippen MR) is 383 cm³/mol. The molecule has 0 spiro atoms. The van der Waals surface area contributed by atoms with Crippen LogP contribution < -0.4 is 5.32 Å². The van der Waals surface area contributed by atoms with Crippen LogP contribution in [0.3, 0.4) is 0 Å². The molecule has 0 bridgehead atoms. The first-order chi connectivity index (χ1) is 45.6. The topological polar surface area (TPSA) is 228 Å². The van der Waals surface area contributed by atoms with Crippen LogP contribution in [0.4, 0.5) is 0 Å². The number of carbonyl (C=O) groups excluding carboxylic acids is 1. The molecule has 12 unspecified atom stereocenters. The van der Waals surface area contributed by atoms with Crippen LogP contribution in [-0.4, -0.2) is 140 Å². The average Bonchev–Trinajstić information content (AvgIpc) is 0.851. The molecule has 14 heteroatoms. The van der Waals surface area contributed by atoms with Gasteiger partial charge in [0.2, 0.25) is 5.91 Å². The Morgan fingerprint density at radius 1 is 0.376 bits per heavy atom. The van der Waals surface area contributed by atoms with Crippen molar-refractivity contribution >= 4 is 5.91 Å². The quantitative estimate of drug-likeness (QED) is 0.0204. The van der Waals surface area contributed by atoms with Crippen LogP contribution in [0.25, 0.3) is 0 Å². The number of nitrogens with one attached hydrogen (secondary N) is 1. The zero-order valence-corrected chi connectivity index (χ0v) is 60.0. The van der Waals surface area contributed by atoms with Gasteiger partial charge in [-0.1, -0.05) is 339 Å². The molecule has 2 rings (SSSR count). The molecule has 9 N–H and O–H groups in total. The van der Waals surface area contributed by atoms with E-state index in [9.17, 15) is 45.6 Å². The van der Waals surface area contributed by atoms with Gasteiger partial charge in [0.25, 0.3) is 0 Å². The predicted octanol–water partition coefficient (Wildman–Crippen LogP) is 17.6. The van der Waals surface area contributed by atoms with Gasteiger partial charge in [-0.05, 0) is 57.8 Å². The van der Waals surface area contributed by atoms with Gasteiger partial charge in [-0.15, -0.1) is 0 Å². The first-order valence-corrected chi connectivity index (χ1v) is 39.7. The molecule has 0 aromatic heterocycles. The summed E-state index contributed by atoms with van der Waals surface area (Å²) in [7, 11) is 0. The molecule has 2 aliphatic rings. The lowest BCUT2D eigenvalue weighted by molar-refractivity contribution is -0.359. The van der Waals surface area contributed by atoms with Crippen molar-refractivity contribution < 1.29 is 64.6 Å². The monoisotopic (exact) mass is 1320 g/mol. The van der Waals surface area contributed by atoms with E-state index in [2.05, 4.69) is 43.5 Å². The van der Waals surface area contributed by atoms with E-state index in [0.717, 1.165) is 32.1 Å². The Kier molecular flexibility index (Phi) is 59.7. The van der Waals surface area contributed by atoms with Crippen molar-refractivity contribution in [2.75, 3.05) is 19.8 Å². The Balaban J connectivity index is 1.63. The highest BCUT2D eigenvalue weighted by Gasteiger charge is 2.51. The Hall–Kier alpha value is -1.79. The van der Waals surface area contributed by atoms with Gasteiger partial charge in [0.05, 0.1) is 32.0 Å². The summed E-state index contributed by atoms with van der Waals surface area (Å²) in [5, 5.41) is 87.6. The zero-order chi connectivity index (χ0) is 67.3. The van der Waals surface area contributed by atoms with Gasteiger partial charge in [0, 0.05) is 6.42 Å². The zero-order valence-electron chi connectivity index (χ0n) is 60.0. The number of unbranched alkanes of at least 4 members (excludes halogenated alkanes) is 50. The van der Waals surface area contributed by atoms with Gasteiger partial charge < -0.3 is 65.1 Å². The minimum Gasteiger partial charge on any atom is -0.394 e. The maximum Gasteiger partial charge on any atom is 0.220 e. The molecule has 2 fully saturated rings. The molecule has 0 aromatic rings. The summed E-state index contributed by atoms with van der Waals surface area (Å²) in [6.07, 6.45) is 66.6. The van der Waals surface area contributed by atoms with Crippen LogP contribution in [-0.2, 0) is 23.7 Å². The number of aliphatic hydroxyl groups excluding tert-OH is 8. The highest BCUT2D eigenvalue weighted by atomic mass is 16.7. The average molecular weight is 1320 g/mol. The second-order valence-electron chi connectivity index (χ2n) is 28.2. The molecule has 14 nitrogen and oxygen atoms in total. The Morgan fingerprint density at radius 2 is 0.688 bits per heavy atom. The summed E-state index contributed by atoms with van der Waals surface area (Å²) in [5.74, 6) is -0.241. The molecule has 2 saturated heterocycles. The lowest BCUT2D eigenvalue weighted by atomic mass is 9.97. The standard InChI is InChI=1S/C79H149NO13/c1-3-5-7-9-11-13-15-17-19-21-23-25-27-29-31-33-34-35-37-39-41-43-45-47-49-51-53-55-57-59-61-63-71(84)80-67(66-90-78-76(89)74(87)77(70(65-82)92-78)93-79-75(88)73(86)72(85)69(64-81)91-79)68(83)62-60-58-56-54-52-50-48-46-44-42-40-38-36-32-30-28-26-24-22-20-18-16-14-12-10-8-6-4-2/h21,23,52,54,60,62,67-70,72-79,81-83,85-89H,3-20,22,24-51,53,55-59,61,63-66H2,1-2H3,(H,80,84)/b23-21-,54-52+,62-60+. The van der Waals surface area contributed by atoms with Gasteiger partial charge in [-0.2, -0.15) is 0 Å². The molecule has 2 heterocycles. The Morgan fingerprint density at radius 3 is 1.05 bits per heavy atom. The van der Waals surface area contributed by atoms with Crippen LogP contribution in [0.5, 0.6) is 0 Å². The fourth-order valence-corrected chi connectivity index (χ4v) is 13.2. The van der Waals surface area contributed by atoms with Gasteiger partial charge in [-0.25, -0.2) is 0 Å². The van der Waals surface area contributed by atoms with Gasteiger partial charge in [0.1, 0.15) is 48.8 Å². The van der Waals surface area contributed by atoms with E-state index in [0.29, 0.717) is 12.8 Å². The summed E-state index contributed by atoms with van der Waals surface area (Å²) in [4.78, 5) is 13.4. The first-order valence-electron chi connectivity index (χ1n) is 39.7. The second kappa shape index (κ2) is 63.6. The third kappa shape index (κ3) is 47.0. The smallest absolute Gasteiger partial charge is 0.220 e. The lowest BCUT2D eigenvalue weighted by Gasteiger charge is -2.46. The molecule has 0 radical (unpaired) electrons. The normalized spacial score (nSPS) is 22.7. The number of rotatable bonds is 67. The number of ether oxygens (including phenoxy) is 4. The summed E-state index contributed by atoms with van der Waals surface area (Å²) in [6.45, 7) is 2.85. The fraction of sp³-hybridized carbons (Fsp3) is 0.911. The Bertz CT molecular complexity index is 1700. The number of hydrogen-bond acceptors (Lipinski definition) is 13. The minimum absolute atomic E-state index is 0.241. The largest absolute Gasteiger partial charge is 0.394 e. The van der Waals surface area contributed by atoms with Crippen molar-refractivity contribution in [3.63, 3.8) is 0 Å². The molecule has 0 aliphatic carbocycles. The summed E-state index contributed by atoms with van der Waals surface area (Å²) in [5.41, 5.74) is 0. The van der Waals surface area contributed by atoms with E-state index < -0.39 is 86.8 Å². The molecule has 0 saturated carbocycles. The fourth-order valence-electron chi connectivity index (χ4n) is 13.2. The van der Waals surface area contributed by atoms with Gasteiger partial charge >= 0.3 is 0 Å². The van der Waals surface area contributed by atoms with Crippen molar-refractivity contribution in [3.05, 3.63) is 36.5 Å². The number of amides is 1. The van der Waals surface area contributed by atoms with Gasteiger partial charge in [-0.3, -0.25) is 4.79 Å². The second-order valence-corrected chi connectivity index (χ2v) is 28.2. The molecule has 12 atom stereocenters. The number of carbonyl (C=O) groups is 1. The van der Waals surface area contributed by atoms with Crippen molar-refractivity contribution in [3.8, 4) is 0 Å². The van der Waals surface area contributed by atoms with Crippen molar-refractivity contribution in [2.45, 2.75) is 441 Å². The van der Waals surface area contributed by atoms with Crippen molar-refractivity contribution in [1.29, 1.82) is 0 Å². The van der Waals surface area contributed by atoms with Gasteiger partial charge in [0.15, 0.2) is 12.6 Å². The maximum absolute atomic E-state index is 13.4. The van der Waals surface area contributed by atoms with E-state index in [4.69, 9.17) is 18.9 Å². The van der Waals surface area contributed by atoms with E-state index in [1.807, 2.05) is 6.08 Å². The molecule has 0 aromatic carbocycles. The molecular weight excluding hydrogens is 1170 g/mol. The number of hydrogen-bond donors (Lipinski definition) is 9. The summed E-state index contributed by atoms with van der Waals surface area (Å²) >= 11 is 0. The minimum atomic E-state index is -1.79. The van der Waals surface area contributed by atoms with Crippen LogP contribution >= 0.6 is 0 Å². The van der Waals surface area contributed by atoms with E-state index >= 15 is 0 Å². The van der Waals surface area contributed by atoms with E-state index in [1.54, 1.807) is 6.08 Å². The summed E-state index contributed by atoms with van der Waals surface area (Å²) in [6, 6.07) is -0.932. The molecular formula is C79H149NO13. The summed E-state index contributed by atoms with van der Waals surface area (Å²) < 4.78 is 22.9. The molecule has 93 heavy (non-hydrogen) atoms. The lowest BCUT2D eigenvalue weighted by Crippen LogP contribution is -2.65. The molecule has 2 aliphatic heterocycles. The third-order valence-corrected chi connectivity index (χ3v) is 19.5. The number of aliphatic hydroxyl groups is 8. The van der Waals surface area contributed by atoms with Crippen molar-refractivity contribution in [1.82, 2.24) is 5.32 Å². The molecule has 1 amide bonds. The molecule has 548 valence electrons. The van der Waals surface area contributed by atoms with Crippen LogP contribution in [0, 0.1) is 0 Å². The number of allylic oxidation sites excluding steroid dienone is 5. The maximum atomic E-state index is 13.4. The highest BCUT2D eigenvalue weighted by molar-refractivity contribution is 5.76. The third-order valence-electron chi connectivity index (χ3n) is 19.5. The van der Waals surface area contributed by atoms with E-state index in [1.165, 1.54) is 302 Å². The van der Waals surface area contributed by atoms with Crippen LogP contribution in [0.15, 0.2) is 36.5 Å². The van der Waals surface area contributed by atoms with Crippen LogP contribution in [0.2, 0.25) is 0 Å². The highest BCUT2D eigenvalue weighted by Crippen LogP contribution is 2.30. The Labute approximate surface area is 570 Å². The SMILES string of the molecule is CCCCCCCCCC/C=C\CCCCCCCCCCCCCCCCCCCCCC(=O)NC(COC1OC(CO)C(OC2OC(CO)C(O)C(O)C2O)C(O)C1O)C(O)/C=C/CC/C=C/CCCCCCCCCCCCCCCCCCCCCCCC. The van der Waals surface area contributed by atoms with Crippen LogP contribution in [0.1, 0.15) is 367 Å². The van der Waals surface area contributed by atoms with E-state index in [-0.39, 0.29) is 18.9 Å². The first kappa shape index (κ1) is 87.3.